The lowest BCUT2D eigenvalue weighted by molar-refractivity contribution is -0.142. The lowest BCUT2D eigenvalue weighted by atomic mass is 9.68. The second-order valence-corrected chi connectivity index (χ2v) is 7.65. The summed E-state index contributed by atoms with van der Waals surface area (Å²) < 4.78 is 10.9. The zero-order valence-corrected chi connectivity index (χ0v) is 17.3. The number of ether oxygens (including phenoxy) is 2. The Balaban J connectivity index is 1.56. The van der Waals surface area contributed by atoms with E-state index in [0.717, 1.165) is 4.90 Å². The van der Waals surface area contributed by atoms with Crippen molar-refractivity contribution in [2.75, 3.05) is 20.3 Å². The number of rotatable bonds is 6. The van der Waals surface area contributed by atoms with Crippen molar-refractivity contribution in [3.63, 3.8) is 0 Å². The monoisotopic (exact) mass is 417 g/mol. The van der Waals surface area contributed by atoms with Crippen LogP contribution in [0.15, 0.2) is 24.3 Å². The summed E-state index contributed by atoms with van der Waals surface area (Å²) in [6.07, 6.45) is 1.25. The molecule has 0 bridgehead atoms. The van der Waals surface area contributed by atoms with Gasteiger partial charge in [-0.3, -0.25) is 34.9 Å². The summed E-state index contributed by atoms with van der Waals surface area (Å²) in [5, 5.41) is 0. The average molecular weight is 417 g/mol. The average Bonchev–Trinajstić information content (AvgIpc) is 2.95. The van der Waals surface area contributed by atoms with Crippen molar-refractivity contribution >= 4 is 23.6 Å². The molecule has 2 fully saturated rings. The van der Waals surface area contributed by atoms with Gasteiger partial charge in [0, 0.05) is 7.05 Å². The van der Waals surface area contributed by atoms with Crippen LogP contribution in [0.5, 0.6) is 11.5 Å². The van der Waals surface area contributed by atoms with Crippen LogP contribution in [0.25, 0.3) is 0 Å². The third kappa shape index (κ3) is 4.24. The molecule has 9 heteroatoms. The number of carbonyl (C=O) groups excluding carboxylic acids is 4. The second-order valence-electron chi connectivity index (χ2n) is 7.65. The Kier molecular flexibility index (Phi) is 6.59. The van der Waals surface area contributed by atoms with E-state index in [-0.39, 0.29) is 24.3 Å². The van der Waals surface area contributed by atoms with Crippen molar-refractivity contribution in [1.29, 1.82) is 0 Å². The van der Waals surface area contributed by atoms with Crippen LogP contribution in [0.2, 0.25) is 0 Å². The van der Waals surface area contributed by atoms with Crippen molar-refractivity contribution in [1.82, 2.24) is 15.8 Å². The maximum atomic E-state index is 12.8. The molecule has 0 unspecified atom stereocenters. The molecule has 1 aliphatic carbocycles. The third-order valence-electron chi connectivity index (χ3n) is 5.77. The first-order valence-corrected chi connectivity index (χ1v) is 10.1. The van der Waals surface area contributed by atoms with E-state index in [1.807, 2.05) is 13.8 Å². The Morgan fingerprint density at radius 3 is 2.40 bits per heavy atom. The molecule has 0 aromatic heterocycles. The highest BCUT2D eigenvalue weighted by Gasteiger charge is 2.55. The normalized spacial score (nSPS) is 25.5. The molecule has 1 aliphatic heterocycles. The van der Waals surface area contributed by atoms with Gasteiger partial charge in [0.25, 0.3) is 5.91 Å². The Morgan fingerprint density at radius 1 is 1.07 bits per heavy atom. The number of nitrogens with zero attached hydrogens (tertiary/aromatic N) is 1. The fourth-order valence-corrected chi connectivity index (χ4v) is 4.25. The summed E-state index contributed by atoms with van der Waals surface area (Å²) in [6, 6.07) is 6.97. The molecule has 1 aromatic rings. The molecule has 2 aliphatic rings. The molecular formula is C21H27N3O6. The van der Waals surface area contributed by atoms with Gasteiger partial charge in [0.15, 0.2) is 18.1 Å². The lowest BCUT2D eigenvalue weighted by Crippen LogP contribution is -2.51. The first-order valence-electron chi connectivity index (χ1n) is 10.1. The van der Waals surface area contributed by atoms with Crippen LogP contribution < -0.4 is 20.3 Å². The number of amides is 4. The number of hydrazine groups is 1. The minimum absolute atomic E-state index is 0.0827. The predicted molar refractivity (Wildman–Crippen MR) is 106 cm³/mol. The van der Waals surface area contributed by atoms with E-state index < -0.39 is 29.6 Å². The molecule has 1 aromatic carbocycles. The van der Waals surface area contributed by atoms with Crippen LogP contribution in [0, 0.1) is 23.7 Å². The van der Waals surface area contributed by atoms with Crippen LogP contribution in [-0.2, 0) is 19.2 Å². The number of hydrogen-bond donors (Lipinski definition) is 2. The van der Waals surface area contributed by atoms with E-state index in [9.17, 15) is 19.2 Å². The van der Waals surface area contributed by atoms with Gasteiger partial charge in [-0.1, -0.05) is 19.1 Å². The van der Waals surface area contributed by atoms with Gasteiger partial charge in [0.1, 0.15) is 0 Å². The molecule has 162 valence electrons. The number of fused-ring (bicyclic) bond motifs is 1. The zero-order chi connectivity index (χ0) is 21.8. The van der Waals surface area contributed by atoms with Crippen LogP contribution in [-0.4, -0.2) is 48.8 Å². The third-order valence-corrected chi connectivity index (χ3v) is 5.77. The number of hydrogen-bond acceptors (Lipinski definition) is 6. The molecule has 0 radical (unpaired) electrons. The molecule has 4 amide bonds. The summed E-state index contributed by atoms with van der Waals surface area (Å²) >= 11 is 0. The minimum Gasteiger partial charge on any atom is -0.490 e. The van der Waals surface area contributed by atoms with E-state index in [1.165, 1.54) is 7.05 Å². The molecular weight excluding hydrogens is 390 g/mol. The Bertz CT molecular complexity index is 842. The quantitative estimate of drug-likeness (QED) is 0.525. The van der Waals surface area contributed by atoms with Gasteiger partial charge in [-0.25, -0.2) is 0 Å². The molecule has 1 saturated heterocycles. The first kappa shape index (κ1) is 21.6. The summed E-state index contributed by atoms with van der Waals surface area (Å²) in [7, 11) is 1.45. The number of para-hydroxylation sites is 2. The highest BCUT2D eigenvalue weighted by Crippen LogP contribution is 2.44. The van der Waals surface area contributed by atoms with Crippen molar-refractivity contribution in [3.8, 4) is 11.5 Å². The van der Waals surface area contributed by atoms with Crippen molar-refractivity contribution < 1.29 is 28.7 Å². The van der Waals surface area contributed by atoms with E-state index in [1.54, 1.807) is 24.3 Å². The SMILES string of the molecule is CCOc1ccccc1OCC(=O)NNC(=O)[C@H]1[C@@H]2C(=O)N(C)C(=O)[C@@H]2CC[C@H]1C. The van der Waals surface area contributed by atoms with E-state index >= 15 is 0 Å². The first-order chi connectivity index (χ1) is 14.3. The van der Waals surface area contributed by atoms with Gasteiger partial charge in [-0.15, -0.1) is 0 Å². The minimum atomic E-state index is -0.683. The fraction of sp³-hybridized carbons (Fsp3) is 0.524. The Morgan fingerprint density at radius 2 is 1.73 bits per heavy atom. The van der Waals surface area contributed by atoms with Crippen molar-refractivity contribution in [2.45, 2.75) is 26.7 Å². The zero-order valence-electron chi connectivity index (χ0n) is 17.3. The second kappa shape index (κ2) is 9.15. The van der Waals surface area contributed by atoms with E-state index in [4.69, 9.17) is 9.47 Å². The van der Waals surface area contributed by atoms with Gasteiger partial charge < -0.3 is 9.47 Å². The number of imide groups is 1. The number of carbonyl (C=O) groups is 4. The standard InChI is InChI=1S/C21H27N3O6/c1-4-29-14-7-5-6-8-15(14)30-11-16(25)22-23-19(26)17-12(2)9-10-13-18(17)21(28)24(3)20(13)27/h5-8,12-13,17-18H,4,9-11H2,1-3H3,(H,22,25)(H,23,26)/t12-,13-,17-,18-/m1/s1. The molecule has 1 saturated carbocycles. The fourth-order valence-electron chi connectivity index (χ4n) is 4.25. The van der Waals surface area contributed by atoms with Gasteiger partial charge in [0.2, 0.25) is 17.7 Å². The maximum Gasteiger partial charge on any atom is 0.276 e. The number of nitrogens with one attached hydrogen (secondary N) is 2. The largest absolute Gasteiger partial charge is 0.490 e. The van der Waals surface area contributed by atoms with Crippen LogP contribution in [0.4, 0.5) is 0 Å². The molecule has 3 rings (SSSR count). The van der Waals surface area contributed by atoms with Crippen LogP contribution in [0.3, 0.4) is 0 Å². The van der Waals surface area contributed by atoms with Crippen LogP contribution >= 0.6 is 0 Å². The molecule has 9 nitrogen and oxygen atoms in total. The van der Waals surface area contributed by atoms with Gasteiger partial charge >= 0.3 is 0 Å². The molecule has 30 heavy (non-hydrogen) atoms. The Labute approximate surface area is 175 Å². The lowest BCUT2D eigenvalue weighted by Gasteiger charge is -2.34. The maximum absolute atomic E-state index is 12.8. The Hall–Kier alpha value is -3.10. The number of benzene rings is 1. The van der Waals surface area contributed by atoms with Gasteiger partial charge in [-0.05, 0) is 37.8 Å². The van der Waals surface area contributed by atoms with Crippen LogP contribution in [0.1, 0.15) is 26.7 Å². The summed E-state index contributed by atoms with van der Waals surface area (Å²) in [5.74, 6) is -2.57. The van der Waals surface area contributed by atoms with E-state index in [2.05, 4.69) is 10.9 Å². The molecule has 1 heterocycles. The number of likely N-dealkylation sites (tertiary alicyclic amines) is 1. The topological polar surface area (TPSA) is 114 Å². The predicted octanol–water partition coefficient (Wildman–Crippen LogP) is 0.889. The van der Waals surface area contributed by atoms with Gasteiger partial charge in [0.05, 0.1) is 24.4 Å². The van der Waals surface area contributed by atoms with Crippen molar-refractivity contribution in [3.05, 3.63) is 24.3 Å². The summed E-state index contributed by atoms with van der Waals surface area (Å²) in [5.41, 5.74) is 4.71. The summed E-state index contributed by atoms with van der Waals surface area (Å²) in [6.45, 7) is 3.86. The highest BCUT2D eigenvalue weighted by molar-refractivity contribution is 6.07. The van der Waals surface area contributed by atoms with Crippen molar-refractivity contribution in [2.24, 2.45) is 23.7 Å². The van der Waals surface area contributed by atoms with E-state index in [0.29, 0.717) is 30.9 Å². The highest BCUT2D eigenvalue weighted by atomic mass is 16.5. The summed E-state index contributed by atoms with van der Waals surface area (Å²) in [4.78, 5) is 50.8. The smallest absolute Gasteiger partial charge is 0.276 e. The molecule has 0 spiro atoms. The van der Waals surface area contributed by atoms with Gasteiger partial charge in [-0.2, -0.15) is 0 Å². The molecule has 2 N–H and O–H groups in total. The molecule has 4 atom stereocenters.